The Morgan fingerprint density at radius 2 is 1.79 bits per heavy atom. The van der Waals surface area contributed by atoms with Gasteiger partial charge in [0.25, 0.3) is 5.56 Å². The maximum Gasteiger partial charge on any atom is 0.331 e. The van der Waals surface area contributed by atoms with Gasteiger partial charge in [-0.1, -0.05) is 35.9 Å². The molecule has 176 valence electrons. The second-order valence-electron chi connectivity index (χ2n) is 8.59. The second-order valence-corrected chi connectivity index (χ2v) is 8.59. The highest BCUT2D eigenvalue weighted by molar-refractivity contribution is 5.78. The van der Waals surface area contributed by atoms with Crippen molar-refractivity contribution in [1.29, 1.82) is 0 Å². The molecule has 0 spiro atoms. The van der Waals surface area contributed by atoms with Crippen molar-refractivity contribution in [2.45, 2.75) is 52.7 Å². The third kappa shape index (κ3) is 5.20. The number of amides is 1. The molecule has 0 unspecified atom stereocenters. The van der Waals surface area contributed by atoms with Crippen LogP contribution in [-0.4, -0.2) is 15.0 Å². The molecule has 34 heavy (non-hydrogen) atoms. The van der Waals surface area contributed by atoms with Gasteiger partial charge in [0, 0.05) is 13.0 Å². The molecule has 0 saturated carbocycles. The summed E-state index contributed by atoms with van der Waals surface area (Å²) < 4.78 is 8.18. The number of fused-ring (bicyclic) bond motifs is 1. The van der Waals surface area contributed by atoms with Gasteiger partial charge in [-0.05, 0) is 62.1 Å². The van der Waals surface area contributed by atoms with Crippen molar-refractivity contribution in [3.8, 4) is 0 Å². The average molecular weight is 460 g/mol. The summed E-state index contributed by atoms with van der Waals surface area (Å²) in [5.74, 6) is 0.607. The molecule has 1 N–H and O–H groups in total. The van der Waals surface area contributed by atoms with Gasteiger partial charge in [-0.2, -0.15) is 0 Å². The molecule has 0 bridgehead atoms. The first-order chi connectivity index (χ1) is 16.4. The van der Waals surface area contributed by atoms with E-state index in [2.05, 4.69) is 11.4 Å². The third-order valence-corrected chi connectivity index (χ3v) is 6.04. The Bertz CT molecular complexity index is 1410. The molecule has 0 fully saturated rings. The number of carbonyl (C=O) groups excluding carboxylic acids is 1. The zero-order valence-corrected chi connectivity index (χ0v) is 19.5. The molecule has 1 amide bonds. The number of hydrogen-bond acceptors (Lipinski definition) is 4. The van der Waals surface area contributed by atoms with Gasteiger partial charge in [0.15, 0.2) is 0 Å². The fourth-order valence-electron chi connectivity index (χ4n) is 4.10. The molecule has 0 aliphatic heterocycles. The molecule has 7 nitrogen and oxygen atoms in total. The van der Waals surface area contributed by atoms with Crippen molar-refractivity contribution in [3.05, 3.63) is 104 Å². The Balaban J connectivity index is 1.51. The van der Waals surface area contributed by atoms with Gasteiger partial charge >= 0.3 is 5.69 Å². The predicted molar refractivity (Wildman–Crippen MR) is 132 cm³/mol. The molecule has 0 radical (unpaired) electrons. The highest BCUT2D eigenvalue weighted by Crippen LogP contribution is 2.15. The van der Waals surface area contributed by atoms with Crippen LogP contribution in [-0.2, 0) is 24.4 Å². The number of rotatable bonds is 9. The number of aromatic nitrogens is 2. The number of carbonyl (C=O) groups is 1. The van der Waals surface area contributed by atoms with Gasteiger partial charge < -0.3 is 9.73 Å². The summed E-state index contributed by atoms with van der Waals surface area (Å²) >= 11 is 0. The fourth-order valence-corrected chi connectivity index (χ4v) is 4.10. The van der Waals surface area contributed by atoms with Crippen LogP contribution in [0.2, 0.25) is 0 Å². The molecule has 2 aromatic heterocycles. The Morgan fingerprint density at radius 3 is 2.59 bits per heavy atom. The van der Waals surface area contributed by atoms with Gasteiger partial charge in [0.2, 0.25) is 5.91 Å². The fraction of sp³-hybridized carbons (Fsp3) is 0.296. The normalized spacial score (nSPS) is 11.1. The summed E-state index contributed by atoms with van der Waals surface area (Å²) in [4.78, 5) is 38.6. The number of furan rings is 1. The van der Waals surface area contributed by atoms with E-state index in [0.29, 0.717) is 49.0 Å². The minimum atomic E-state index is -0.327. The van der Waals surface area contributed by atoms with E-state index in [1.165, 1.54) is 4.57 Å². The van der Waals surface area contributed by atoms with E-state index in [-0.39, 0.29) is 23.7 Å². The Morgan fingerprint density at radius 1 is 0.971 bits per heavy atom. The van der Waals surface area contributed by atoms with Gasteiger partial charge in [-0.3, -0.25) is 18.7 Å². The predicted octanol–water partition coefficient (Wildman–Crippen LogP) is 3.91. The van der Waals surface area contributed by atoms with E-state index in [0.717, 1.165) is 16.7 Å². The SMILES string of the molecule is Cc1ccc(C)c(Cn2c(=O)n(CCCCC(=O)NCc3ccco3)c(=O)c3ccccc32)c1. The zero-order valence-electron chi connectivity index (χ0n) is 19.5. The summed E-state index contributed by atoms with van der Waals surface area (Å²) in [6.45, 7) is 5.05. The Kier molecular flexibility index (Phi) is 7.11. The second kappa shape index (κ2) is 10.4. The average Bonchev–Trinajstić information content (AvgIpc) is 3.36. The monoisotopic (exact) mass is 459 g/mol. The Labute approximate surface area is 197 Å². The quantitative estimate of drug-likeness (QED) is 0.385. The van der Waals surface area contributed by atoms with Crippen molar-refractivity contribution in [2.75, 3.05) is 0 Å². The minimum Gasteiger partial charge on any atom is -0.467 e. The molecule has 0 aliphatic carbocycles. The van der Waals surface area contributed by atoms with Crippen molar-refractivity contribution < 1.29 is 9.21 Å². The van der Waals surface area contributed by atoms with Crippen molar-refractivity contribution in [2.24, 2.45) is 0 Å². The van der Waals surface area contributed by atoms with Crippen LogP contribution >= 0.6 is 0 Å². The van der Waals surface area contributed by atoms with Crippen LogP contribution in [0, 0.1) is 13.8 Å². The molecule has 4 aromatic rings. The van der Waals surface area contributed by atoms with Crippen LogP contribution in [0.25, 0.3) is 10.9 Å². The van der Waals surface area contributed by atoms with Crippen LogP contribution in [0.5, 0.6) is 0 Å². The number of benzene rings is 2. The number of nitrogens with zero attached hydrogens (tertiary/aromatic N) is 2. The van der Waals surface area contributed by atoms with Gasteiger partial charge in [-0.25, -0.2) is 4.79 Å². The molecule has 7 heteroatoms. The smallest absolute Gasteiger partial charge is 0.331 e. The first-order valence-electron chi connectivity index (χ1n) is 11.5. The van der Waals surface area contributed by atoms with Crippen molar-refractivity contribution >= 4 is 16.8 Å². The first kappa shape index (κ1) is 23.3. The van der Waals surface area contributed by atoms with Gasteiger partial charge in [0.05, 0.1) is 30.3 Å². The van der Waals surface area contributed by atoms with E-state index in [1.54, 1.807) is 29.0 Å². The topological polar surface area (TPSA) is 86.2 Å². The van der Waals surface area contributed by atoms with Crippen LogP contribution < -0.4 is 16.6 Å². The summed E-state index contributed by atoms with van der Waals surface area (Å²) in [6, 6.07) is 17.0. The molecule has 4 rings (SSSR count). The maximum atomic E-state index is 13.4. The largest absolute Gasteiger partial charge is 0.467 e. The van der Waals surface area contributed by atoms with Crippen LogP contribution in [0.1, 0.15) is 41.7 Å². The third-order valence-electron chi connectivity index (χ3n) is 6.04. The lowest BCUT2D eigenvalue weighted by atomic mass is 10.1. The first-order valence-corrected chi connectivity index (χ1v) is 11.5. The summed E-state index contributed by atoms with van der Waals surface area (Å²) in [5.41, 5.74) is 3.28. The van der Waals surface area contributed by atoms with Crippen molar-refractivity contribution in [3.63, 3.8) is 0 Å². The number of nitrogens with one attached hydrogen (secondary N) is 1. The summed E-state index contributed by atoms with van der Waals surface area (Å²) in [7, 11) is 0. The molecule has 2 aromatic carbocycles. The summed E-state index contributed by atoms with van der Waals surface area (Å²) in [5, 5.41) is 3.33. The van der Waals surface area contributed by atoms with Crippen LogP contribution in [0.4, 0.5) is 0 Å². The molecule has 0 aliphatic rings. The molecule has 2 heterocycles. The highest BCUT2D eigenvalue weighted by Gasteiger charge is 2.14. The maximum absolute atomic E-state index is 13.4. The van der Waals surface area contributed by atoms with Crippen molar-refractivity contribution in [1.82, 2.24) is 14.5 Å². The van der Waals surface area contributed by atoms with Crippen LogP contribution in [0.15, 0.2) is 74.9 Å². The molecule has 0 atom stereocenters. The lowest BCUT2D eigenvalue weighted by Crippen LogP contribution is -2.40. The van der Waals surface area contributed by atoms with E-state index in [4.69, 9.17) is 4.42 Å². The Hall–Kier alpha value is -3.87. The molecular formula is C27H29N3O4. The minimum absolute atomic E-state index is 0.0883. The van der Waals surface area contributed by atoms with Gasteiger partial charge in [0.1, 0.15) is 5.76 Å². The summed E-state index contributed by atoms with van der Waals surface area (Å²) in [6.07, 6.45) is 3.00. The number of aryl methyl sites for hydroxylation is 2. The van der Waals surface area contributed by atoms with E-state index < -0.39 is 0 Å². The van der Waals surface area contributed by atoms with E-state index >= 15 is 0 Å². The number of hydrogen-bond donors (Lipinski definition) is 1. The molecular weight excluding hydrogens is 430 g/mol. The zero-order chi connectivity index (χ0) is 24.1. The lowest BCUT2D eigenvalue weighted by molar-refractivity contribution is -0.121. The number of unbranched alkanes of at least 4 members (excludes halogenated alkanes) is 1. The number of para-hydroxylation sites is 1. The standard InChI is InChI=1S/C27H29N3O4/c1-19-12-13-20(2)21(16-19)18-30-24-10-4-3-9-23(24)26(32)29(27(30)33)14-6-5-11-25(31)28-17-22-8-7-15-34-22/h3-4,7-10,12-13,15-16H,5-6,11,14,17-18H2,1-2H3,(H,28,31). The van der Waals surface area contributed by atoms with Gasteiger partial charge in [-0.15, -0.1) is 0 Å². The molecule has 0 saturated heterocycles. The van der Waals surface area contributed by atoms with E-state index in [9.17, 15) is 14.4 Å². The van der Waals surface area contributed by atoms with Crippen LogP contribution in [0.3, 0.4) is 0 Å². The lowest BCUT2D eigenvalue weighted by Gasteiger charge is -2.15. The van der Waals surface area contributed by atoms with E-state index in [1.807, 2.05) is 44.2 Å². The highest BCUT2D eigenvalue weighted by atomic mass is 16.3.